The van der Waals surface area contributed by atoms with E-state index in [1.54, 1.807) is 0 Å². The van der Waals surface area contributed by atoms with Gasteiger partial charge in [-0.25, -0.2) is 0 Å². The van der Waals surface area contributed by atoms with Crippen LogP contribution in [-0.2, 0) is 4.74 Å². The van der Waals surface area contributed by atoms with Gasteiger partial charge in [0, 0.05) is 25.3 Å². The average Bonchev–Trinajstić information content (AvgIpc) is 2.60. The molecule has 8 heteroatoms. The van der Waals surface area contributed by atoms with E-state index in [0.29, 0.717) is 10.2 Å². The van der Waals surface area contributed by atoms with Crippen LogP contribution in [0.25, 0.3) is 0 Å². The van der Waals surface area contributed by atoms with Crippen LogP contribution in [0.1, 0.15) is 17.5 Å². The van der Waals surface area contributed by atoms with Crippen molar-refractivity contribution in [3.63, 3.8) is 0 Å². The Labute approximate surface area is 160 Å². The van der Waals surface area contributed by atoms with E-state index in [-0.39, 0.29) is 0 Å². The Morgan fingerprint density at radius 1 is 1.12 bits per heavy atom. The third kappa shape index (κ3) is 7.52. The molecule has 0 saturated carbocycles. The van der Waals surface area contributed by atoms with Crippen LogP contribution in [-0.4, -0.2) is 54.5 Å². The molecule has 0 radical (unpaired) electrons. The second-order valence-corrected chi connectivity index (χ2v) is 6.90. The number of hydrogen-bond acceptors (Lipinski definition) is 4. The molecule has 0 aliphatic carbocycles. The molecule has 1 heterocycles. The molecule has 4 N–H and O–H groups in total. The SMILES string of the molecule is Cc1ccc(NC(=S)NNC(=S)NCCCN2CCOCC2)c(C)c1. The van der Waals surface area contributed by atoms with Crippen LogP contribution in [0.3, 0.4) is 0 Å². The van der Waals surface area contributed by atoms with E-state index in [1.165, 1.54) is 5.56 Å². The first-order chi connectivity index (χ1) is 12.0. The van der Waals surface area contributed by atoms with Crippen LogP contribution >= 0.6 is 24.4 Å². The number of benzene rings is 1. The molecule has 0 amide bonds. The van der Waals surface area contributed by atoms with Gasteiger partial charge < -0.3 is 15.4 Å². The van der Waals surface area contributed by atoms with Crippen molar-refractivity contribution < 1.29 is 4.74 Å². The fraction of sp³-hybridized carbons (Fsp3) is 0.529. The summed E-state index contributed by atoms with van der Waals surface area (Å²) < 4.78 is 5.34. The predicted molar refractivity (Wildman–Crippen MR) is 111 cm³/mol. The molecular weight excluding hydrogens is 354 g/mol. The highest BCUT2D eigenvalue weighted by molar-refractivity contribution is 7.80. The molecule has 138 valence electrons. The molecule has 0 bridgehead atoms. The van der Waals surface area contributed by atoms with E-state index in [9.17, 15) is 0 Å². The summed E-state index contributed by atoms with van der Waals surface area (Å²) in [5.74, 6) is 0. The number of nitrogens with zero attached hydrogens (tertiary/aromatic N) is 1. The first kappa shape index (κ1) is 19.8. The van der Waals surface area contributed by atoms with E-state index in [0.717, 1.165) is 57.1 Å². The van der Waals surface area contributed by atoms with Gasteiger partial charge in [-0.3, -0.25) is 15.8 Å². The van der Waals surface area contributed by atoms with Gasteiger partial charge >= 0.3 is 0 Å². The lowest BCUT2D eigenvalue weighted by molar-refractivity contribution is 0.0376. The maximum Gasteiger partial charge on any atom is 0.189 e. The maximum atomic E-state index is 5.34. The third-order valence-corrected chi connectivity index (χ3v) is 4.41. The van der Waals surface area contributed by atoms with E-state index in [2.05, 4.69) is 39.4 Å². The lowest BCUT2D eigenvalue weighted by Gasteiger charge is -2.26. The van der Waals surface area contributed by atoms with Gasteiger partial charge in [-0.1, -0.05) is 17.7 Å². The van der Waals surface area contributed by atoms with Crippen LogP contribution in [0.4, 0.5) is 5.69 Å². The molecule has 1 aliphatic heterocycles. The molecule has 0 spiro atoms. The number of hydrazine groups is 1. The fourth-order valence-corrected chi connectivity index (χ4v) is 2.91. The van der Waals surface area contributed by atoms with Gasteiger partial charge in [0.25, 0.3) is 0 Å². The number of nitrogens with one attached hydrogen (secondary N) is 4. The molecule has 1 aromatic rings. The van der Waals surface area contributed by atoms with Crippen LogP contribution in [0, 0.1) is 13.8 Å². The van der Waals surface area contributed by atoms with Crippen LogP contribution < -0.4 is 21.5 Å². The van der Waals surface area contributed by atoms with Gasteiger partial charge in [0.05, 0.1) is 13.2 Å². The Kier molecular flexibility index (Phi) is 8.33. The minimum atomic E-state index is 0.476. The van der Waals surface area contributed by atoms with Gasteiger partial charge in [0.1, 0.15) is 0 Å². The zero-order valence-electron chi connectivity index (χ0n) is 14.9. The third-order valence-electron chi connectivity index (χ3n) is 3.96. The Morgan fingerprint density at radius 2 is 1.84 bits per heavy atom. The summed E-state index contributed by atoms with van der Waals surface area (Å²) in [6.07, 6.45) is 1.03. The van der Waals surface area contributed by atoms with Crippen molar-refractivity contribution in [2.24, 2.45) is 0 Å². The number of ether oxygens (including phenoxy) is 1. The highest BCUT2D eigenvalue weighted by atomic mass is 32.1. The van der Waals surface area contributed by atoms with E-state index >= 15 is 0 Å². The average molecular weight is 382 g/mol. The summed E-state index contributed by atoms with van der Waals surface area (Å²) in [5.41, 5.74) is 9.16. The topological polar surface area (TPSA) is 60.6 Å². The zero-order valence-corrected chi connectivity index (χ0v) is 16.5. The standard InChI is InChI=1S/C17H27N5OS2/c1-13-4-5-15(14(2)12-13)19-17(25)21-20-16(24)18-6-3-7-22-8-10-23-11-9-22/h4-5,12H,3,6-11H2,1-2H3,(H2,18,20,24)(H2,19,21,25). The van der Waals surface area contributed by atoms with E-state index in [4.69, 9.17) is 29.2 Å². The number of hydrogen-bond donors (Lipinski definition) is 4. The number of aryl methyl sites for hydroxylation is 2. The molecule has 0 aromatic heterocycles. The quantitative estimate of drug-likeness (QED) is 0.349. The smallest absolute Gasteiger partial charge is 0.189 e. The van der Waals surface area contributed by atoms with E-state index < -0.39 is 0 Å². The van der Waals surface area contributed by atoms with Crippen molar-refractivity contribution in [2.45, 2.75) is 20.3 Å². The number of rotatable bonds is 5. The van der Waals surface area contributed by atoms with Crippen LogP contribution in [0.5, 0.6) is 0 Å². The summed E-state index contributed by atoms with van der Waals surface area (Å²) in [4.78, 5) is 2.41. The van der Waals surface area contributed by atoms with Gasteiger partial charge in [-0.05, 0) is 62.9 Å². The van der Waals surface area contributed by atoms with Gasteiger partial charge in [-0.2, -0.15) is 0 Å². The molecule has 1 aromatic carbocycles. The highest BCUT2D eigenvalue weighted by Crippen LogP contribution is 2.15. The van der Waals surface area contributed by atoms with Crippen LogP contribution in [0.15, 0.2) is 18.2 Å². The molecule has 0 atom stereocenters. The second-order valence-electron chi connectivity index (χ2n) is 6.09. The summed E-state index contributed by atoms with van der Waals surface area (Å²) >= 11 is 10.5. The molecule has 1 aliphatic rings. The number of thiocarbonyl (C=S) groups is 2. The minimum Gasteiger partial charge on any atom is -0.379 e. The van der Waals surface area contributed by atoms with Gasteiger partial charge in [0.15, 0.2) is 10.2 Å². The summed E-state index contributed by atoms with van der Waals surface area (Å²) in [5, 5.41) is 7.34. The van der Waals surface area contributed by atoms with Crippen molar-refractivity contribution in [1.29, 1.82) is 0 Å². The molecular formula is C17H27N5OS2. The number of anilines is 1. The summed E-state index contributed by atoms with van der Waals surface area (Å²) in [6.45, 7) is 9.70. The lowest BCUT2D eigenvalue weighted by Crippen LogP contribution is -2.48. The second kappa shape index (κ2) is 10.5. The Balaban J connectivity index is 1.58. The van der Waals surface area contributed by atoms with Gasteiger partial charge in [0.2, 0.25) is 0 Å². The summed E-state index contributed by atoms with van der Waals surface area (Å²) in [6, 6.07) is 6.17. The largest absolute Gasteiger partial charge is 0.379 e. The monoisotopic (exact) mass is 381 g/mol. The molecule has 6 nitrogen and oxygen atoms in total. The Morgan fingerprint density at radius 3 is 2.56 bits per heavy atom. The number of morpholine rings is 1. The normalized spacial score (nSPS) is 14.6. The lowest BCUT2D eigenvalue weighted by atomic mass is 10.1. The molecule has 0 unspecified atom stereocenters. The zero-order chi connectivity index (χ0) is 18.1. The summed E-state index contributed by atoms with van der Waals surface area (Å²) in [7, 11) is 0. The Hall–Kier alpha value is -1.48. The molecule has 2 rings (SSSR count). The highest BCUT2D eigenvalue weighted by Gasteiger charge is 2.09. The van der Waals surface area contributed by atoms with Crippen molar-refractivity contribution in [3.8, 4) is 0 Å². The van der Waals surface area contributed by atoms with Crippen molar-refractivity contribution in [3.05, 3.63) is 29.3 Å². The predicted octanol–water partition coefficient (Wildman–Crippen LogP) is 1.69. The maximum absolute atomic E-state index is 5.34. The minimum absolute atomic E-state index is 0.476. The van der Waals surface area contributed by atoms with Crippen LogP contribution in [0.2, 0.25) is 0 Å². The van der Waals surface area contributed by atoms with Crippen molar-refractivity contribution in [2.75, 3.05) is 44.7 Å². The van der Waals surface area contributed by atoms with Gasteiger partial charge in [-0.15, -0.1) is 0 Å². The van der Waals surface area contributed by atoms with Crippen molar-refractivity contribution in [1.82, 2.24) is 21.1 Å². The molecule has 25 heavy (non-hydrogen) atoms. The first-order valence-electron chi connectivity index (χ1n) is 8.53. The van der Waals surface area contributed by atoms with Crippen molar-refractivity contribution >= 4 is 40.3 Å². The molecule has 1 fully saturated rings. The Bertz CT molecular complexity index is 590. The molecule has 1 saturated heterocycles. The first-order valence-corrected chi connectivity index (χ1v) is 9.34. The fourth-order valence-electron chi connectivity index (χ4n) is 2.59. The van der Waals surface area contributed by atoms with E-state index in [1.807, 2.05) is 19.1 Å².